The van der Waals surface area contributed by atoms with Gasteiger partial charge in [-0.3, -0.25) is 4.79 Å². The minimum Gasteiger partial charge on any atom is -0.497 e. The Balaban J connectivity index is 1.71. The van der Waals surface area contributed by atoms with Crippen molar-refractivity contribution in [2.24, 2.45) is 0 Å². The molecule has 1 amide bonds. The van der Waals surface area contributed by atoms with Crippen molar-refractivity contribution in [3.63, 3.8) is 0 Å². The van der Waals surface area contributed by atoms with Gasteiger partial charge in [0.05, 0.1) is 19.8 Å². The van der Waals surface area contributed by atoms with Gasteiger partial charge in [-0.05, 0) is 42.5 Å². The first-order valence-electron chi connectivity index (χ1n) is 8.70. The van der Waals surface area contributed by atoms with E-state index < -0.39 is 6.10 Å². The number of aryl methyl sites for hydroxylation is 1. The number of amides is 1. The van der Waals surface area contributed by atoms with Crippen LogP contribution in [-0.2, 0) is 11.2 Å². The first kappa shape index (κ1) is 19.0. The summed E-state index contributed by atoms with van der Waals surface area (Å²) in [5, 5.41) is 10.3. The zero-order valence-electron chi connectivity index (χ0n) is 15.0. The first-order valence-corrected chi connectivity index (χ1v) is 8.70. The summed E-state index contributed by atoms with van der Waals surface area (Å²) in [4.78, 5) is 13.8. The standard InChI is InChI=1S/C21H27NO3/c1-22(16-20(23)18-12-14-19(25-2)15-13-18)21(24)11-7-6-10-17-8-4-3-5-9-17/h3-5,8-9,12-15,20,23H,6-7,10-11,16H2,1-2H3. The number of hydrogen-bond acceptors (Lipinski definition) is 3. The molecule has 25 heavy (non-hydrogen) atoms. The number of aliphatic hydroxyl groups is 1. The van der Waals surface area contributed by atoms with Gasteiger partial charge in [-0.15, -0.1) is 0 Å². The molecule has 0 aliphatic rings. The number of ether oxygens (including phenoxy) is 1. The smallest absolute Gasteiger partial charge is 0.222 e. The second kappa shape index (κ2) is 9.84. The van der Waals surface area contributed by atoms with E-state index in [1.807, 2.05) is 42.5 Å². The van der Waals surface area contributed by atoms with Gasteiger partial charge in [-0.1, -0.05) is 42.5 Å². The predicted molar refractivity (Wildman–Crippen MR) is 99.6 cm³/mol. The van der Waals surface area contributed by atoms with Crippen LogP contribution in [0.25, 0.3) is 0 Å². The molecule has 1 unspecified atom stereocenters. The number of carbonyl (C=O) groups excluding carboxylic acids is 1. The monoisotopic (exact) mass is 341 g/mol. The fourth-order valence-electron chi connectivity index (χ4n) is 2.73. The minimum atomic E-state index is -0.691. The predicted octanol–water partition coefficient (Wildman–Crippen LogP) is 3.60. The van der Waals surface area contributed by atoms with Crippen LogP contribution < -0.4 is 4.74 Å². The Morgan fingerprint density at radius 1 is 1.08 bits per heavy atom. The number of hydrogen-bond donors (Lipinski definition) is 1. The summed E-state index contributed by atoms with van der Waals surface area (Å²) in [6, 6.07) is 17.6. The molecular weight excluding hydrogens is 314 g/mol. The largest absolute Gasteiger partial charge is 0.497 e. The molecule has 4 heteroatoms. The lowest BCUT2D eigenvalue weighted by atomic mass is 10.1. The fraction of sp³-hybridized carbons (Fsp3) is 0.381. The topological polar surface area (TPSA) is 49.8 Å². The molecule has 0 saturated carbocycles. The maximum Gasteiger partial charge on any atom is 0.222 e. The Bertz CT molecular complexity index is 640. The van der Waals surface area contributed by atoms with Crippen LogP contribution in [0.4, 0.5) is 0 Å². The van der Waals surface area contributed by atoms with Gasteiger partial charge in [0.25, 0.3) is 0 Å². The van der Waals surface area contributed by atoms with Crippen molar-refractivity contribution in [3.8, 4) is 5.75 Å². The molecule has 2 rings (SSSR count). The molecule has 0 bridgehead atoms. The van der Waals surface area contributed by atoms with E-state index in [1.165, 1.54) is 5.56 Å². The molecule has 0 radical (unpaired) electrons. The normalized spacial score (nSPS) is 11.8. The summed E-state index contributed by atoms with van der Waals surface area (Å²) < 4.78 is 5.11. The maximum absolute atomic E-state index is 12.2. The second-order valence-corrected chi connectivity index (χ2v) is 6.26. The lowest BCUT2D eigenvalue weighted by Gasteiger charge is -2.21. The summed E-state index contributed by atoms with van der Waals surface area (Å²) in [7, 11) is 3.35. The second-order valence-electron chi connectivity index (χ2n) is 6.26. The molecule has 1 N–H and O–H groups in total. The van der Waals surface area contributed by atoms with E-state index in [1.54, 1.807) is 19.1 Å². The van der Waals surface area contributed by atoms with Crippen LogP contribution in [0.15, 0.2) is 54.6 Å². The van der Waals surface area contributed by atoms with Crippen LogP contribution >= 0.6 is 0 Å². The zero-order valence-corrected chi connectivity index (χ0v) is 15.0. The van der Waals surface area contributed by atoms with E-state index in [0.717, 1.165) is 30.6 Å². The number of aliphatic hydroxyl groups excluding tert-OH is 1. The van der Waals surface area contributed by atoms with Gasteiger partial charge in [-0.25, -0.2) is 0 Å². The van der Waals surface area contributed by atoms with Crippen molar-refractivity contribution in [2.75, 3.05) is 20.7 Å². The van der Waals surface area contributed by atoms with Crippen molar-refractivity contribution in [1.82, 2.24) is 4.90 Å². The Labute approximate surface area is 150 Å². The highest BCUT2D eigenvalue weighted by atomic mass is 16.5. The molecule has 0 saturated heterocycles. The SMILES string of the molecule is COc1ccc(C(O)CN(C)C(=O)CCCCc2ccccc2)cc1. The van der Waals surface area contributed by atoms with Crippen LogP contribution in [0, 0.1) is 0 Å². The molecular formula is C21H27NO3. The molecule has 0 spiro atoms. The van der Waals surface area contributed by atoms with Crippen molar-refractivity contribution < 1.29 is 14.6 Å². The van der Waals surface area contributed by atoms with Gasteiger partial charge in [0.1, 0.15) is 5.75 Å². The molecule has 1 atom stereocenters. The molecule has 0 fully saturated rings. The summed E-state index contributed by atoms with van der Waals surface area (Å²) in [5.74, 6) is 0.819. The Hall–Kier alpha value is -2.33. The number of methoxy groups -OCH3 is 1. The number of likely N-dealkylation sites (N-methyl/N-ethyl adjacent to an activating group) is 1. The molecule has 2 aromatic rings. The zero-order chi connectivity index (χ0) is 18.1. The van der Waals surface area contributed by atoms with Crippen LogP contribution in [0.1, 0.15) is 36.5 Å². The summed E-state index contributed by atoms with van der Waals surface area (Å²) in [6.07, 6.45) is 2.66. The minimum absolute atomic E-state index is 0.0700. The van der Waals surface area contributed by atoms with E-state index in [0.29, 0.717) is 13.0 Å². The van der Waals surface area contributed by atoms with Crippen molar-refractivity contribution in [2.45, 2.75) is 31.8 Å². The number of nitrogens with zero attached hydrogens (tertiary/aromatic N) is 1. The van der Waals surface area contributed by atoms with Gasteiger partial charge in [0.2, 0.25) is 5.91 Å². The van der Waals surface area contributed by atoms with E-state index in [2.05, 4.69) is 12.1 Å². The van der Waals surface area contributed by atoms with Gasteiger partial charge in [-0.2, -0.15) is 0 Å². The molecule has 4 nitrogen and oxygen atoms in total. The van der Waals surface area contributed by atoms with Gasteiger partial charge >= 0.3 is 0 Å². The Kier molecular flexibility index (Phi) is 7.48. The highest BCUT2D eigenvalue weighted by molar-refractivity contribution is 5.75. The van der Waals surface area contributed by atoms with E-state index in [4.69, 9.17) is 4.74 Å². The third-order valence-electron chi connectivity index (χ3n) is 4.32. The fourth-order valence-corrected chi connectivity index (χ4v) is 2.73. The third kappa shape index (κ3) is 6.24. The van der Waals surface area contributed by atoms with Crippen LogP contribution in [-0.4, -0.2) is 36.6 Å². The van der Waals surface area contributed by atoms with Crippen molar-refractivity contribution >= 4 is 5.91 Å². The molecule has 0 heterocycles. The molecule has 2 aromatic carbocycles. The molecule has 0 aromatic heterocycles. The van der Waals surface area contributed by atoms with Crippen LogP contribution in [0.2, 0.25) is 0 Å². The van der Waals surface area contributed by atoms with E-state index in [-0.39, 0.29) is 5.91 Å². The maximum atomic E-state index is 12.2. The number of rotatable bonds is 9. The Morgan fingerprint density at radius 2 is 1.76 bits per heavy atom. The third-order valence-corrected chi connectivity index (χ3v) is 4.32. The highest BCUT2D eigenvalue weighted by Gasteiger charge is 2.15. The average Bonchev–Trinajstić information content (AvgIpc) is 2.65. The summed E-state index contributed by atoms with van der Waals surface area (Å²) in [6.45, 7) is 0.295. The quantitative estimate of drug-likeness (QED) is 0.709. The van der Waals surface area contributed by atoms with Crippen LogP contribution in [0.3, 0.4) is 0 Å². The Morgan fingerprint density at radius 3 is 2.40 bits per heavy atom. The number of unbranched alkanes of at least 4 members (excludes halogenated alkanes) is 1. The molecule has 0 aliphatic carbocycles. The van der Waals surface area contributed by atoms with Crippen molar-refractivity contribution in [1.29, 1.82) is 0 Å². The summed E-state index contributed by atoms with van der Waals surface area (Å²) in [5.41, 5.74) is 2.09. The molecule has 0 aliphatic heterocycles. The lowest BCUT2D eigenvalue weighted by Crippen LogP contribution is -2.30. The number of carbonyl (C=O) groups is 1. The van der Waals surface area contributed by atoms with Crippen LogP contribution in [0.5, 0.6) is 5.75 Å². The van der Waals surface area contributed by atoms with Gasteiger partial charge < -0.3 is 14.7 Å². The van der Waals surface area contributed by atoms with Gasteiger partial charge in [0.15, 0.2) is 0 Å². The van der Waals surface area contributed by atoms with E-state index in [9.17, 15) is 9.90 Å². The molecule has 134 valence electrons. The average molecular weight is 341 g/mol. The van der Waals surface area contributed by atoms with Crippen molar-refractivity contribution in [3.05, 3.63) is 65.7 Å². The van der Waals surface area contributed by atoms with Gasteiger partial charge in [0, 0.05) is 13.5 Å². The number of benzene rings is 2. The lowest BCUT2D eigenvalue weighted by molar-refractivity contribution is -0.131. The first-order chi connectivity index (χ1) is 12.1. The van der Waals surface area contributed by atoms with E-state index >= 15 is 0 Å². The highest BCUT2D eigenvalue weighted by Crippen LogP contribution is 2.18. The summed E-state index contributed by atoms with van der Waals surface area (Å²) >= 11 is 0.